The van der Waals surface area contributed by atoms with Crippen molar-refractivity contribution in [3.05, 3.63) is 59.3 Å². The second-order valence-electron chi connectivity index (χ2n) is 5.66. The number of amides is 1. The summed E-state index contributed by atoms with van der Waals surface area (Å²) in [7, 11) is 0. The van der Waals surface area contributed by atoms with Gasteiger partial charge in [0.15, 0.2) is 0 Å². The molecule has 0 spiro atoms. The lowest BCUT2D eigenvalue weighted by atomic mass is 10.0. The Labute approximate surface area is 160 Å². The predicted molar refractivity (Wildman–Crippen MR) is 106 cm³/mol. The smallest absolute Gasteiger partial charge is 0.303 e. The first kappa shape index (κ1) is 18.3. The molecule has 2 aromatic rings. The largest absolute Gasteiger partial charge is 0.481 e. The van der Waals surface area contributed by atoms with Crippen molar-refractivity contribution in [3.8, 4) is 11.1 Å². The fraction of sp³-hybridized carbons (Fsp3) is 0.158. The highest BCUT2D eigenvalue weighted by Gasteiger charge is 2.31. The number of rotatable bonds is 6. The summed E-state index contributed by atoms with van der Waals surface area (Å²) >= 11 is 6.53. The number of carboxylic acids is 1. The summed E-state index contributed by atoms with van der Waals surface area (Å²) in [6, 6.07) is 11.6. The van der Waals surface area contributed by atoms with Crippen molar-refractivity contribution in [2.75, 3.05) is 6.54 Å². The highest BCUT2D eigenvalue weighted by molar-refractivity contribution is 8.26. The number of pyridine rings is 1. The van der Waals surface area contributed by atoms with E-state index in [1.807, 2.05) is 42.5 Å². The zero-order valence-corrected chi connectivity index (χ0v) is 15.4. The van der Waals surface area contributed by atoms with Gasteiger partial charge in [0.1, 0.15) is 4.32 Å². The molecule has 5 nitrogen and oxygen atoms in total. The first-order valence-corrected chi connectivity index (χ1v) is 9.25. The molecule has 132 valence electrons. The lowest BCUT2D eigenvalue weighted by Gasteiger charge is -2.13. The number of aromatic nitrogens is 1. The average Bonchev–Trinajstić information content (AvgIpc) is 2.90. The minimum absolute atomic E-state index is 0.0138. The third-order valence-electron chi connectivity index (χ3n) is 3.87. The topological polar surface area (TPSA) is 70.5 Å². The maximum absolute atomic E-state index is 12.6. The Balaban J connectivity index is 1.84. The molecule has 1 saturated heterocycles. The Morgan fingerprint density at radius 3 is 2.81 bits per heavy atom. The molecule has 0 aliphatic carbocycles. The van der Waals surface area contributed by atoms with Gasteiger partial charge < -0.3 is 5.11 Å². The molecule has 0 bridgehead atoms. The Morgan fingerprint density at radius 1 is 1.27 bits per heavy atom. The summed E-state index contributed by atoms with van der Waals surface area (Å²) in [5.74, 6) is -1.05. The van der Waals surface area contributed by atoms with E-state index in [1.165, 1.54) is 16.7 Å². The summed E-state index contributed by atoms with van der Waals surface area (Å²) in [6.45, 7) is 0.318. The van der Waals surface area contributed by atoms with E-state index in [-0.39, 0.29) is 12.3 Å². The number of hydrogen-bond donors (Lipinski definition) is 1. The second kappa shape index (κ2) is 8.25. The number of nitrogens with zero attached hydrogens (tertiary/aromatic N) is 2. The van der Waals surface area contributed by atoms with Crippen LogP contribution in [0.3, 0.4) is 0 Å². The lowest BCUT2D eigenvalue weighted by molar-refractivity contribution is -0.137. The molecule has 2 heterocycles. The average molecular weight is 384 g/mol. The second-order valence-corrected chi connectivity index (χ2v) is 7.34. The van der Waals surface area contributed by atoms with E-state index in [0.717, 1.165) is 16.7 Å². The van der Waals surface area contributed by atoms with Gasteiger partial charge in [0.05, 0.1) is 4.91 Å². The van der Waals surface area contributed by atoms with Gasteiger partial charge in [0, 0.05) is 30.9 Å². The van der Waals surface area contributed by atoms with E-state index in [4.69, 9.17) is 17.3 Å². The van der Waals surface area contributed by atoms with E-state index in [1.54, 1.807) is 12.4 Å². The van der Waals surface area contributed by atoms with Gasteiger partial charge in [-0.05, 0) is 29.7 Å². The highest BCUT2D eigenvalue weighted by atomic mass is 32.2. The number of aliphatic carboxylic acids is 1. The van der Waals surface area contributed by atoms with E-state index in [0.29, 0.717) is 22.2 Å². The van der Waals surface area contributed by atoms with E-state index < -0.39 is 5.97 Å². The van der Waals surface area contributed by atoms with E-state index >= 15 is 0 Å². The maximum Gasteiger partial charge on any atom is 0.303 e. The summed E-state index contributed by atoms with van der Waals surface area (Å²) in [4.78, 5) is 29.5. The fourth-order valence-corrected chi connectivity index (χ4v) is 3.93. The number of carbonyl (C=O) groups is 2. The molecular weight excluding hydrogens is 368 g/mol. The summed E-state index contributed by atoms with van der Waals surface area (Å²) in [6.07, 6.45) is 5.72. The molecule has 0 unspecified atom stereocenters. The number of hydrogen-bond acceptors (Lipinski definition) is 5. The number of benzene rings is 1. The number of thioether (sulfide) groups is 1. The van der Waals surface area contributed by atoms with Crippen molar-refractivity contribution < 1.29 is 14.7 Å². The third-order valence-corrected chi connectivity index (χ3v) is 5.24. The zero-order chi connectivity index (χ0) is 18.5. The molecule has 1 aliphatic heterocycles. The molecule has 1 aliphatic rings. The van der Waals surface area contributed by atoms with Gasteiger partial charge in [0.25, 0.3) is 5.91 Å². The minimum atomic E-state index is -0.878. The molecule has 0 atom stereocenters. The first-order valence-electron chi connectivity index (χ1n) is 8.03. The Kier molecular flexibility index (Phi) is 5.80. The Hall–Kier alpha value is -2.51. The van der Waals surface area contributed by atoms with Crippen LogP contribution in [0.5, 0.6) is 0 Å². The van der Waals surface area contributed by atoms with Crippen molar-refractivity contribution in [1.29, 1.82) is 0 Å². The van der Waals surface area contributed by atoms with Crippen LogP contribution >= 0.6 is 24.0 Å². The normalized spacial score (nSPS) is 15.7. The number of carboxylic acid groups (broad SMARTS) is 1. The fourth-order valence-electron chi connectivity index (χ4n) is 2.63. The molecule has 1 aromatic heterocycles. The molecule has 1 amide bonds. The molecule has 0 saturated carbocycles. The number of thiocarbonyl (C=S) groups is 1. The Bertz CT molecular complexity index is 881. The van der Waals surface area contributed by atoms with Gasteiger partial charge >= 0.3 is 5.97 Å². The van der Waals surface area contributed by atoms with Crippen LogP contribution < -0.4 is 0 Å². The highest BCUT2D eigenvalue weighted by Crippen LogP contribution is 2.34. The summed E-state index contributed by atoms with van der Waals surface area (Å²) in [5.41, 5.74) is 2.86. The van der Waals surface area contributed by atoms with Crippen LogP contribution in [0.2, 0.25) is 0 Å². The predicted octanol–water partition coefficient (Wildman–Crippen LogP) is 3.81. The van der Waals surface area contributed by atoms with Crippen LogP contribution in [0.1, 0.15) is 18.4 Å². The first-order chi connectivity index (χ1) is 12.6. The maximum atomic E-state index is 12.6. The molecule has 26 heavy (non-hydrogen) atoms. The van der Waals surface area contributed by atoms with Gasteiger partial charge in [-0.3, -0.25) is 19.5 Å². The number of carbonyl (C=O) groups excluding carboxylic acids is 1. The zero-order valence-electron chi connectivity index (χ0n) is 13.8. The quantitative estimate of drug-likeness (QED) is 0.603. The van der Waals surface area contributed by atoms with Crippen LogP contribution in [0.15, 0.2) is 53.7 Å². The van der Waals surface area contributed by atoms with Crippen molar-refractivity contribution in [3.63, 3.8) is 0 Å². The summed E-state index contributed by atoms with van der Waals surface area (Å²) < 4.78 is 0.463. The van der Waals surface area contributed by atoms with Crippen LogP contribution in [-0.2, 0) is 9.59 Å². The SMILES string of the molecule is O=C(O)CCCN1C(=O)C(=Cc2ccccc2-c2cccnc2)SC1=S. The van der Waals surface area contributed by atoms with Crippen LogP contribution in [0, 0.1) is 0 Å². The van der Waals surface area contributed by atoms with Gasteiger partial charge in [-0.2, -0.15) is 0 Å². The standard InChI is InChI=1S/C19H16N2O3S2/c22-17(23)8-4-10-21-18(24)16(26-19(21)25)11-13-5-1-2-7-15(13)14-6-3-9-20-12-14/h1-3,5-7,9,11-12H,4,8,10H2,(H,22,23). The Morgan fingerprint density at radius 2 is 2.08 bits per heavy atom. The summed E-state index contributed by atoms with van der Waals surface area (Å²) in [5, 5.41) is 8.75. The molecule has 3 rings (SSSR count). The third kappa shape index (κ3) is 4.17. The molecule has 1 aromatic carbocycles. The van der Waals surface area contributed by atoms with E-state index in [9.17, 15) is 9.59 Å². The van der Waals surface area contributed by atoms with E-state index in [2.05, 4.69) is 4.98 Å². The van der Waals surface area contributed by atoms with Crippen LogP contribution in [0.4, 0.5) is 0 Å². The van der Waals surface area contributed by atoms with Crippen molar-refractivity contribution in [2.45, 2.75) is 12.8 Å². The molecule has 7 heteroatoms. The molecular formula is C19H16N2O3S2. The van der Waals surface area contributed by atoms with Crippen LogP contribution in [-0.4, -0.2) is 37.7 Å². The van der Waals surface area contributed by atoms with Crippen LogP contribution in [0.25, 0.3) is 17.2 Å². The van der Waals surface area contributed by atoms with Gasteiger partial charge in [-0.1, -0.05) is 54.3 Å². The minimum Gasteiger partial charge on any atom is -0.481 e. The lowest BCUT2D eigenvalue weighted by Crippen LogP contribution is -2.29. The van der Waals surface area contributed by atoms with Crippen molar-refractivity contribution in [2.24, 2.45) is 0 Å². The van der Waals surface area contributed by atoms with Gasteiger partial charge in [0.2, 0.25) is 0 Å². The monoisotopic (exact) mass is 384 g/mol. The van der Waals surface area contributed by atoms with Gasteiger partial charge in [-0.15, -0.1) is 0 Å². The molecule has 1 N–H and O–H groups in total. The van der Waals surface area contributed by atoms with Crippen molar-refractivity contribution >= 4 is 46.3 Å². The molecule has 1 fully saturated rings. The molecule has 0 radical (unpaired) electrons. The van der Waals surface area contributed by atoms with Gasteiger partial charge in [-0.25, -0.2) is 0 Å². The van der Waals surface area contributed by atoms with Crippen molar-refractivity contribution in [1.82, 2.24) is 9.88 Å².